The summed E-state index contributed by atoms with van der Waals surface area (Å²) in [7, 11) is 0. The number of ether oxygens (including phenoxy) is 2. The van der Waals surface area contributed by atoms with Crippen LogP contribution in [0.1, 0.15) is 13.8 Å². The number of halogens is 3. The molecule has 0 spiro atoms. The van der Waals surface area contributed by atoms with Crippen LogP contribution >= 0.6 is 0 Å². The van der Waals surface area contributed by atoms with Crippen LogP contribution in [0.15, 0.2) is 12.2 Å². The molecular weight excluding hydrogens is 213 g/mol. The molecule has 86 valence electrons. The number of carbonyl (C=O) groups is 1. The highest BCUT2D eigenvalue weighted by Crippen LogP contribution is 2.49. The van der Waals surface area contributed by atoms with Crippen LogP contribution in [0.25, 0.3) is 0 Å². The van der Waals surface area contributed by atoms with Gasteiger partial charge in [-0.25, -0.2) is 4.79 Å². The Hall–Kier alpha value is -1.04. The summed E-state index contributed by atoms with van der Waals surface area (Å²) >= 11 is 0. The highest BCUT2D eigenvalue weighted by molar-refractivity contribution is 5.86. The van der Waals surface area contributed by atoms with E-state index in [0.717, 1.165) is 6.92 Å². The van der Waals surface area contributed by atoms with E-state index >= 15 is 0 Å². The summed E-state index contributed by atoms with van der Waals surface area (Å²) in [6.45, 7) is 5.24. The molecule has 0 radical (unpaired) electrons. The summed E-state index contributed by atoms with van der Waals surface area (Å²) in [6, 6.07) is 0. The highest BCUT2D eigenvalue weighted by atomic mass is 19.4. The van der Waals surface area contributed by atoms with Crippen molar-refractivity contribution < 1.29 is 27.4 Å². The molecule has 2 atom stereocenters. The van der Waals surface area contributed by atoms with Gasteiger partial charge >= 0.3 is 12.1 Å². The SMILES string of the molecule is C=C(C)C(=O)OCC1OC1(C)C(F)(F)F. The third-order valence-electron chi connectivity index (χ3n) is 2.22. The summed E-state index contributed by atoms with van der Waals surface area (Å²) in [4.78, 5) is 10.9. The van der Waals surface area contributed by atoms with Crippen molar-refractivity contribution in [1.29, 1.82) is 0 Å². The second-order valence-electron chi connectivity index (χ2n) is 3.59. The zero-order chi connectivity index (χ0) is 11.9. The van der Waals surface area contributed by atoms with E-state index in [1.165, 1.54) is 6.92 Å². The summed E-state index contributed by atoms with van der Waals surface area (Å²) in [5.41, 5.74) is -2.04. The van der Waals surface area contributed by atoms with Crippen molar-refractivity contribution in [2.24, 2.45) is 0 Å². The molecule has 0 aromatic heterocycles. The topological polar surface area (TPSA) is 38.8 Å². The molecule has 0 amide bonds. The van der Waals surface area contributed by atoms with Crippen molar-refractivity contribution >= 4 is 5.97 Å². The second-order valence-corrected chi connectivity index (χ2v) is 3.59. The predicted octanol–water partition coefficient (Wildman–Crippen LogP) is 1.83. The first kappa shape index (κ1) is 12.0. The summed E-state index contributed by atoms with van der Waals surface area (Å²) in [5.74, 6) is -0.713. The van der Waals surface area contributed by atoms with Crippen molar-refractivity contribution in [3.8, 4) is 0 Å². The van der Waals surface area contributed by atoms with Crippen molar-refractivity contribution in [2.45, 2.75) is 31.7 Å². The van der Waals surface area contributed by atoms with Gasteiger partial charge in [0.1, 0.15) is 12.7 Å². The van der Waals surface area contributed by atoms with E-state index in [9.17, 15) is 18.0 Å². The third kappa shape index (κ3) is 2.31. The first-order chi connectivity index (χ1) is 6.68. The van der Waals surface area contributed by atoms with Crippen molar-refractivity contribution in [1.82, 2.24) is 0 Å². The molecule has 15 heavy (non-hydrogen) atoms. The van der Waals surface area contributed by atoms with Gasteiger partial charge in [0.15, 0.2) is 5.60 Å². The first-order valence-electron chi connectivity index (χ1n) is 4.25. The van der Waals surface area contributed by atoms with E-state index in [1.54, 1.807) is 0 Å². The molecule has 0 aliphatic carbocycles. The monoisotopic (exact) mass is 224 g/mol. The highest BCUT2D eigenvalue weighted by Gasteiger charge is 2.70. The van der Waals surface area contributed by atoms with E-state index in [0.29, 0.717) is 0 Å². The fourth-order valence-corrected chi connectivity index (χ4v) is 0.978. The number of hydrogen-bond acceptors (Lipinski definition) is 3. The van der Waals surface area contributed by atoms with Gasteiger partial charge in [-0.1, -0.05) is 6.58 Å². The molecule has 1 aliphatic rings. The van der Waals surface area contributed by atoms with E-state index in [2.05, 4.69) is 16.1 Å². The van der Waals surface area contributed by atoms with Gasteiger partial charge in [-0.05, 0) is 13.8 Å². The lowest BCUT2D eigenvalue weighted by atomic mass is 10.1. The molecule has 1 heterocycles. The van der Waals surface area contributed by atoms with Crippen LogP contribution in [0, 0.1) is 0 Å². The minimum absolute atomic E-state index is 0.143. The minimum Gasteiger partial charge on any atom is -0.459 e. The zero-order valence-corrected chi connectivity index (χ0v) is 8.35. The lowest BCUT2D eigenvalue weighted by molar-refractivity contribution is -0.179. The smallest absolute Gasteiger partial charge is 0.419 e. The van der Waals surface area contributed by atoms with E-state index in [1.807, 2.05) is 0 Å². The van der Waals surface area contributed by atoms with Gasteiger partial charge in [-0.3, -0.25) is 0 Å². The minimum atomic E-state index is -4.44. The lowest BCUT2D eigenvalue weighted by Crippen LogP contribution is -2.33. The summed E-state index contributed by atoms with van der Waals surface area (Å²) in [6.07, 6.45) is -5.55. The number of hydrogen-bond donors (Lipinski definition) is 0. The van der Waals surface area contributed by atoms with Crippen LogP contribution in [0.3, 0.4) is 0 Å². The lowest BCUT2D eigenvalue weighted by Gasteiger charge is -2.11. The Kier molecular flexibility index (Phi) is 2.82. The number of esters is 1. The second kappa shape index (κ2) is 3.52. The van der Waals surface area contributed by atoms with E-state index in [-0.39, 0.29) is 5.57 Å². The molecular formula is C9H11F3O3. The maximum absolute atomic E-state index is 12.3. The van der Waals surface area contributed by atoms with Gasteiger partial charge in [0, 0.05) is 5.57 Å². The van der Waals surface area contributed by atoms with Gasteiger partial charge in [-0.15, -0.1) is 0 Å². The number of epoxide rings is 1. The largest absolute Gasteiger partial charge is 0.459 e. The number of alkyl halides is 3. The molecule has 6 heteroatoms. The molecule has 1 saturated heterocycles. The number of carbonyl (C=O) groups excluding carboxylic acids is 1. The van der Waals surface area contributed by atoms with E-state index in [4.69, 9.17) is 0 Å². The number of rotatable bonds is 3. The standard InChI is InChI=1S/C9H11F3O3/c1-5(2)7(13)14-4-6-8(3,15-6)9(10,11)12/h6H,1,4H2,2-3H3. The van der Waals surface area contributed by atoms with Gasteiger partial charge in [0.25, 0.3) is 0 Å². The molecule has 0 bridgehead atoms. The molecule has 0 aromatic rings. The van der Waals surface area contributed by atoms with Crippen molar-refractivity contribution in [2.75, 3.05) is 6.61 Å². The van der Waals surface area contributed by atoms with Gasteiger partial charge in [0.05, 0.1) is 0 Å². The van der Waals surface area contributed by atoms with Crippen LogP contribution in [0.5, 0.6) is 0 Å². The van der Waals surface area contributed by atoms with Crippen LogP contribution in [0.4, 0.5) is 13.2 Å². The quantitative estimate of drug-likeness (QED) is 0.417. The Bertz CT molecular complexity index is 297. The molecule has 3 nitrogen and oxygen atoms in total. The average molecular weight is 224 g/mol. The fourth-order valence-electron chi connectivity index (χ4n) is 0.978. The third-order valence-corrected chi connectivity index (χ3v) is 2.22. The summed E-state index contributed by atoms with van der Waals surface area (Å²) in [5, 5.41) is 0. The predicted molar refractivity (Wildman–Crippen MR) is 45.1 cm³/mol. The maximum Gasteiger partial charge on any atom is 0.419 e. The van der Waals surface area contributed by atoms with Gasteiger partial charge in [-0.2, -0.15) is 13.2 Å². The Morgan fingerprint density at radius 2 is 2.13 bits per heavy atom. The van der Waals surface area contributed by atoms with Crippen LogP contribution < -0.4 is 0 Å². The first-order valence-corrected chi connectivity index (χ1v) is 4.25. The Balaban J connectivity index is 2.40. The normalized spacial score (nSPS) is 29.8. The van der Waals surface area contributed by atoms with Crippen LogP contribution in [-0.4, -0.2) is 30.5 Å². The molecule has 1 fully saturated rings. The fraction of sp³-hybridized carbons (Fsp3) is 0.667. The van der Waals surface area contributed by atoms with Crippen molar-refractivity contribution in [3.05, 3.63) is 12.2 Å². The molecule has 0 saturated carbocycles. The van der Waals surface area contributed by atoms with Crippen LogP contribution in [-0.2, 0) is 14.3 Å². The molecule has 2 unspecified atom stereocenters. The Morgan fingerprint density at radius 3 is 2.47 bits per heavy atom. The Morgan fingerprint density at radius 1 is 1.60 bits per heavy atom. The van der Waals surface area contributed by atoms with Crippen molar-refractivity contribution in [3.63, 3.8) is 0 Å². The maximum atomic E-state index is 12.3. The molecule has 1 rings (SSSR count). The summed E-state index contributed by atoms with van der Waals surface area (Å²) < 4.78 is 45.8. The van der Waals surface area contributed by atoms with Gasteiger partial charge in [0.2, 0.25) is 0 Å². The molecule has 1 aliphatic heterocycles. The van der Waals surface area contributed by atoms with Gasteiger partial charge < -0.3 is 9.47 Å². The molecule has 0 aromatic carbocycles. The van der Waals surface area contributed by atoms with Crippen LogP contribution in [0.2, 0.25) is 0 Å². The zero-order valence-electron chi connectivity index (χ0n) is 8.35. The average Bonchev–Trinajstić information content (AvgIpc) is 2.73. The Labute approximate surface area is 84.8 Å². The molecule has 0 N–H and O–H groups in total. The van der Waals surface area contributed by atoms with E-state index < -0.39 is 30.5 Å².